The number of nitrogens with zero attached hydrogens (tertiary/aromatic N) is 1. The molecule has 1 saturated heterocycles. The van der Waals surface area contributed by atoms with Crippen LogP contribution in [0.5, 0.6) is 0 Å². The molecule has 1 aliphatic heterocycles. The van der Waals surface area contributed by atoms with E-state index in [2.05, 4.69) is 10.2 Å². The van der Waals surface area contributed by atoms with Crippen LogP contribution in [0.1, 0.15) is 33.6 Å². The largest absolute Gasteiger partial charge is 0.444 e. The van der Waals surface area contributed by atoms with Gasteiger partial charge in [-0.25, -0.2) is 4.79 Å². The summed E-state index contributed by atoms with van der Waals surface area (Å²) < 4.78 is 5.29. The van der Waals surface area contributed by atoms with E-state index >= 15 is 0 Å². The Hall–Kier alpha value is -1.75. The first-order valence-corrected chi connectivity index (χ1v) is 7.37. The van der Waals surface area contributed by atoms with E-state index in [0.717, 1.165) is 37.3 Å². The average molecular weight is 292 g/mol. The van der Waals surface area contributed by atoms with Gasteiger partial charge in [0.05, 0.1) is 17.5 Å². The molecule has 0 radical (unpaired) electrons. The summed E-state index contributed by atoms with van der Waals surface area (Å²) in [6, 6.07) is 7.67. The number of para-hydroxylation sites is 2. The summed E-state index contributed by atoms with van der Waals surface area (Å²) in [4.78, 5) is 14.1. The van der Waals surface area contributed by atoms with Crippen molar-refractivity contribution in [3.8, 4) is 0 Å². The van der Waals surface area contributed by atoms with E-state index in [1.807, 2.05) is 45.0 Å². The fourth-order valence-corrected chi connectivity index (χ4v) is 2.38. The number of aliphatic hydroxyl groups excluding tert-OH is 1. The fourth-order valence-electron chi connectivity index (χ4n) is 2.38. The SMILES string of the molecule is CC(C)(C)OC(=O)Nc1ccccc1N1CCC(O)CC1. The van der Waals surface area contributed by atoms with E-state index in [9.17, 15) is 9.90 Å². The van der Waals surface area contributed by atoms with Crippen LogP contribution in [0.15, 0.2) is 24.3 Å². The summed E-state index contributed by atoms with van der Waals surface area (Å²) in [6.45, 7) is 7.09. The van der Waals surface area contributed by atoms with Gasteiger partial charge in [-0.2, -0.15) is 0 Å². The van der Waals surface area contributed by atoms with Crippen LogP contribution in [-0.4, -0.2) is 36.0 Å². The van der Waals surface area contributed by atoms with Gasteiger partial charge in [-0.15, -0.1) is 0 Å². The van der Waals surface area contributed by atoms with Gasteiger partial charge in [0, 0.05) is 13.1 Å². The van der Waals surface area contributed by atoms with E-state index in [4.69, 9.17) is 4.74 Å². The highest BCUT2D eigenvalue weighted by Gasteiger charge is 2.21. The molecule has 1 aromatic carbocycles. The molecule has 0 bridgehead atoms. The van der Waals surface area contributed by atoms with Crippen LogP contribution in [0.25, 0.3) is 0 Å². The van der Waals surface area contributed by atoms with E-state index in [1.165, 1.54) is 0 Å². The van der Waals surface area contributed by atoms with Gasteiger partial charge >= 0.3 is 6.09 Å². The minimum Gasteiger partial charge on any atom is -0.444 e. The molecule has 2 N–H and O–H groups in total. The molecule has 0 saturated carbocycles. The van der Waals surface area contributed by atoms with Crippen LogP contribution in [0.2, 0.25) is 0 Å². The zero-order chi connectivity index (χ0) is 15.5. The second-order valence-corrected chi connectivity index (χ2v) is 6.36. The minimum absolute atomic E-state index is 0.216. The quantitative estimate of drug-likeness (QED) is 0.879. The average Bonchev–Trinajstić information content (AvgIpc) is 2.38. The first-order chi connectivity index (χ1) is 9.85. The van der Waals surface area contributed by atoms with Crippen molar-refractivity contribution in [2.45, 2.75) is 45.3 Å². The molecule has 0 unspecified atom stereocenters. The monoisotopic (exact) mass is 292 g/mol. The fraction of sp³-hybridized carbons (Fsp3) is 0.562. The normalized spacial score (nSPS) is 16.7. The molecule has 0 aromatic heterocycles. The smallest absolute Gasteiger partial charge is 0.412 e. The molecule has 0 atom stereocenters. The molecule has 1 fully saturated rings. The lowest BCUT2D eigenvalue weighted by atomic mass is 10.1. The summed E-state index contributed by atoms with van der Waals surface area (Å²) in [5.74, 6) is 0. The Morgan fingerprint density at radius 3 is 2.52 bits per heavy atom. The number of aliphatic hydroxyl groups is 1. The third-order valence-electron chi connectivity index (χ3n) is 3.34. The summed E-state index contributed by atoms with van der Waals surface area (Å²) in [5, 5.41) is 12.4. The van der Waals surface area contributed by atoms with Crippen molar-refractivity contribution in [3.05, 3.63) is 24.3 Å². The van der Waals surface area contributed by atoms with Crippen LogP contribution < -0.4 is 10.2 Å². The molecule has 0 spiro atoms. The van der Waals surface area contributed by atoms with Gasteiger partial charge < -0.3 is 14.7 Å². The molecule has 21 heavy (non-hydrogen) atoms. The first kappa shape index (κ1) is 15.6. The maximum atomic E-state index is 11.9. The third-order valence-corrected chi connectivity index (χ3v) is 3.34. The van der Waals surface area contributed by atoms with Crippen molar-refractivity contribution in [2.24, 2.45) is 0 Å². The summed E-state index contributed by atoms with van der Waals surface area (Å²) in [7, 11) is 0. The van der Waals surface area contributed by atoms with Gasteiger partial charge in [0.15, 0.2) is 0 Å². The van der Waals surface area contributed by atoms with Crippen LogP contribution in [0, 0.1) is 0 Å². The van der Waals surface area contributed by atoms with Gasteiger partial charge in [0.25, 0.3) is 0 Å². The van der Waals surface area contributed by atoms with Gasteiger partial charge in [-0.1, -0.05) is 12.1 Å². The van der Waals surface area contributed by atoms with Crippen molar-refractivity contribution in [1.82, 2.24) is 0 Å². The van der Waals surface area contributed by atoms with Crippen molar-refractivity contribution in [1.29, 1.82) is 0 Å². The number of ether oxygens (including phenoxy) is 1. The Kier molecular flexibility index (Phi) is 4.73. The van der Waals surface area contributed by atoms with Crippen LogP contribution in [0.4, 0.5) is 16.2 Å². The van der Waals surface area contributed by atoms with E-state index < -0.39 is 11.7 Å². The second kappa shape index (κ2) is 6.35. The topological polar surface area (TPSA) is 61.8 Å². The lowest BCUT2D eigenvalue weighted by molar-refractivity contribution is 0.0636. The Morgan fingerprint density at radius 2 is 1.90 bits per heavy atom. The van der Waals surface area contributed by atoms with Crippen LogP contribution >= 0.6 is 0 Å². The molecule has 1 aromatic rings. The van der Waals surface area contributed by atoms with Gasteiger partial charge in [0.2, 0.25) is 0 Å². The molecule has 5 nitrogen and oxygen atoms in total. The Labute approximate surface area is 125 Å². The highest BCUT2D eigenvalue weighted by atomic mass is 16.6. The van der Waals surface area contributed by atoms with E-state index in [-0.39, 0.29) is 6.10 Å². The first-order valence-electron chi connectivity index (χ1n) is 7.37. The zero-order valence-electron chi connectivity index (χ0n) is 12.9. The van der Waals surface area contributed by atoms with Gasteiger partial charge in [-0.05, 0) is 45.7 Å². The lowest BCUT2D eigenvalue weighted by Crippen LogP contribution is -2.36. The Balaban J connectivity index is 2.08. The molecule has 2 rings (SSSR count). The van der Waals surface area contributed by atoms with Crippen molar-refractivity contribution < 1.29 is 14.6 Å². The lowest BCUT2D eigenvalue weighted by Gasteiger charge is -2.33. The maximum absolute atomic E-state index is 11.9. The molecule has 1 heterocycles. The summed E-state index contributed by atoms with van der Waals surface area (Å²) >= 11 is 0. The van der Waals surface area contributed by atoms with Crippen LogP contribution in [0.3, 0.4) is 0 Å². The Bertz CT molecular complexity index is 489. The van der Waals surface area contributed by atoms with Crippen LogP contribution in [-0.2, 0) is 4.74 Å². The maximum Gasteiger partial charge on any atom is 0.412 e. The predicted molar refractivity (Wildman–Crippen MR) is 83.8 cm³/mol. The molecule has 116 valence electrons. The van der Waals surface area contributed by atoms with E-state index in [1.54, 1.807) is 0 Å². The van der Waals surface area contributed by atoms with E-state index in [0.29, 0.717) is 0 Å². The number of nitrogens with one attached hydrogen (secondary N) is 1. The summed E-state index contributed by atoms with van der Waals surface area (Å²) in [6.07, 6.45) is 0.834. The number of anilines is 2. The third kappa shape index (κ3) is 4.63. The van der Waals surface area contributed by atoms with Crippen molar-refractivity contribution in [2.75, 3.05) is 23.3 Å². The van der Waals surface area contributed by atoms with Crippen molar-refractivity contribution >= 4 is 17.5 Å². The molecular weight excluding hydrogens is 268 g/mol. The standard InChI is InChI=1S/C16H24N2O3/c1-16(2,3)21-15(20)17-13-6-4-5-7-14(13)18-10-8-12(19)9-11-18/h4-7,12,19H,8-11H2,1-3H3,(H,17,20). The van der Waals surface area contributed by atoms with Gasteiger partial charge in [-0.3, -0.25) is 5.32 Å². The molecule has 0 aliphatic carbocycles. The highest BCUT2D eigenvalue weighted by Crippen LogP contribution is 2.28. The highest BCUT2D eigenvalue weighted by molar-refractivity contribution is 5.89. The molecule has 5 heteroatoms. The number of hydrogen-bond donors (Lipinski definition) is 2. The molecule has 1 amide bonds. The Morgan fingerprint density at radius 1 is 1.29 bits per heavy atom. The number of carbonyl (C=O) groups is 1. The number of rotatable bonds is 2. The molecule has 1 aliphatic rings. The number of hydrogen-bond acceptors (Lipinski definition) is 4. The number of piperidine rings is 1. The second-order valence-electron chi connectivity index (χ2n) is 6.36. The summed E-state index contributed by atoms with van der Waals surface area (Å²) in [5.41, 5.74) is 1.19. The minimum atomic E-state index is -0.520. The van der Waals surface area contributed by atoms with Gasteiger partial charge in [0.1, 0.15) is 5.60 Å². The predicted octanol–water partition coefficient (Wildman–Crippen LogP) is 2.99. The van der Waals surface area contributed by atoms with Crippen molar-refractivity contribution in [3.63, 3.8) is 0 Å². The number of amides is 1. The molecular formula is C16H24N2O3. The zero-order valence-corrected chi connectivity index (χ0v) is 12.9. The number of benzene rings is 1. The number of carbonyl (C=O) groups excluding carboxylic acids is 1.